The topological polar surface area (TPSA) is 60.0 Å². The Hall–Kier alpha value is -1.51. The van der Waals surface area contributed by atoms with Crippen molar-refractivity contribution in [2.24, 2.45) is 4.99 Å². The highest BCUT2D eigenvalue weighted by Gasteiger charge is 2.15. The molecule has 0 aromatic heterocycles. The molecule has 2 rings (SSSR count). The summed E-state index contributed by atoms with van der Waals surface area (Å²) < 4.78 is 0. The normalized spacial score (nSPS) is 14.9. The first-order chi connectivity index (χ1) is 13.1. The first-order valence-electron chi connectivity index (χ1n) is 10.2. The Kier molecular flexibility index (Phi) is 11.9. The van der Waals surface area contributed by atoms with E-state index in [2.05, 4.69) is 46.7 Å². The van der Waals surface area contributed by atoms with Crippen molar-refractivity contribution in [2.45, 2.75) is 45.6 Å². The van der Waals surface area contributed by atoms with Gasteiger partial charge in [-0.2, -0.15) is 0 Å². The monoisotopic (exact) mass is 501 g/mol. The Morgan fingerprint density at radius 3 is 2.79 bits per heavy atom. The molecule has 1 aliphatic heterocycles. The van der Waals surface area contributed by atoms with Crippen LogP contribution in [0.5, 0.6) is 0 Å². The molecule has 28 heavy (non-hydrogen) atoms. The van der Waals surface area contributed by atoms with Gasteiger partial charge < -0.3 is 20.4 Å². The number of aliphatic imine (C=N–C) groups is 1. The van der Waals surface area contributed by atoms with Crippen LogP contribution in [-0.2, 0) is 11.3 Å². The third-order valence-corrected chi connectivity index (χ3v) is 4.76. The highest BCUT2D eigenvalue weighted by atomic mass is 127. The lowest BCUT2D eigenvalue weighted by molar-refractivity contribution is -0.130. The first kappa shape index (κ1) is 24.5. The molecule has 0 saturated carbocycles. The van der Waals surface area contributed by atoms with Crippen molar-refractivity contribution in [3.63, 3.8) is 0 Å². The van der Waals surface area contributed by atoms with Gasteiger partial charge in [-0.05, 0) is 43.9 Å². The van der Waals surface area contributed by atoms with Crippen molar-refractivity contribution in [3.8, 4) is 0 Å². The van der Waals surface area contributed by atoms with Crippen molar-refractivity contribution in [1.29, 1.82) is 0 Å². The van der Waals surface area contributed by atoms with Gasteiger partial charge in [0.1, 0.15) is 0 Å². The third kappa shape index (κ3) is 8.67. The van der Waals surface area contributed by atoms with E-state index in [0.717, 1.165) is 51.4 Å². The van der Waals surface area contributed by atoms with E-state index in [0.29, 0.717) is 18.9 Å². The summed E-state index contributed by atoms with van der Waals surface area (Å²) in [5.41, 5.74) is 2.37. The lowest BCUT2D eigenvalue weighted by Gasteiger charge is -2.20. The van der Waals surface area contributed by atoms with Gasteiger partial charge in [0.05, 0.1) is 6.54 Å². The number of amides is 1. The Labute approximate surface area is 187 Å². The van der Waals surface area contributed by atoms with E-state index in [-0.39, 0.29) is 24.0 Å². The maximum absolute atomic E-state index is 12.0. The fourth-order valence-corrected chi connectivity index (χ4v) is 3.20. The van der Waals surface area contributed by atoms with Crippen LogP contribution in [0.25, 0.3) is 0 Å². The van der Waals surface area contributed by atoms with Crippen LogP contribution in [0.4, 0.5) is 5.69 Å². The number of nitrogens with zero attached hydrogens (tertiary/aromatic N) is 3. The van der Waals surface area contributed by atoms with Gasteiger partial charge in [0, 0.05) is 52.4 Å². The summed E-state index contributed by atoms with van der Waals surface area (Å²) in [6.45, 7) is 6.09. The Morgan fingerprint density at radius 1 is 1.21 bits per heavy atom. The van der Waals surface area contributed by atoms with Gasteiger partial charge in [0.2, 0.25) is 5.91 Å². The lowest BCUT2D eigenvalue weighted by atomic mass is 10.2. The van der Waals surface area contributed by atoms with Crippen molar-refractivity contribution in [3.05, 3.63) is 29.8 Å². The summed E-state index contributed by atoms with van der Waals surface area (Å²) in [7, 11) is 4.09. The molecule has 0 aliphatic carbocycles. The summed E-state index contributed by atoms with van der Waals surface area (Å²) in [5, 5.41) is 6.68. The fourth-order valence-electron chi connectivity index (χ4n) is 3.20. The number of carbonyl (C=O) groups excluding carboxylic acids is 1. The molecule has 2 N–H and O–H groups in total. The number of hydrogen-bond acceptors (Lipinski definition) is 3. The van der Waals surface area contributed by atoms with Crippen LogP contribution in [0.15, 0.2) is 29.3 Å². The summed E-state index contributed by atoms with van der Waals surface area (Å²) >= 11 is 0. The van der Waals surface area contributed by atoms with Gasteiger partial charge >= 0.3 is 0 Å². The number of nitrogens with one attached hydrogen (secondary N) is 2. The highest BCUT2D eigenvalue weighted by molar-refractivity contribution is 14.0. The number of anilines is 1. The molecule has 0 spiro atoms. The van der Waals surface area contributed by atoms with Crippen LogP contribution >= 0.6 is 24.0 Å². The molecule has 1 heterocycles. The largest absolute Gasteiger partial charge is 0.378 e. The Balaban J connectivity index is 0.00000392. The summed E-state index contributed by atoms with van der Waals surface area (Å²) in [5.74, 6) is 1.14. The summed E-state index contributed by atoms with van der Waals surface area (Å²) in [6, 6.07) is 8.43. The van der Waals surface area contributed by atoms with E-state index >= 15 is 0 Å². The zero-order chi connectivity index (χ0) is 19.5. The molecule has 1 aliphatic rings. The summed E-state index contributed by atoms with van der Waals surface area (Å²) in [4.78, 5) is 20.9. The SMILES string of the molecule is CCNC(=NCc1cccc(N(C)C)c1)NCCCN1CCCCCC1=O.I. The molecule has 1 saturated heterocycles. The number of benzene rings is 1. The first-order valence-corrected chi connectivity index (χ1v) is 10.2. The number of halogens is 1. The predicted molar refractivity (Wildman–Crippen MR) is 129 cm³/mol. The van der Waals surface area contributed by atoms with Crippen LogP contribution in [0.1, 0.15) is 44.6 Å². The third-order valence-electron chi connectivity index (χ3n) is 4.76. The molecule has 0 unspecified atom stereocenters. The smallest absolute Gasteiger partial charge is 0.222 e. The molecule has 1 fully saturated rings. The minimum atomic E-state index is 0. The van der Waals surface area contributed by atoms with E-state index in [1.807, 2.05) is 19.0 Å². The standard InChI is InChI=1S/C21H35N5O.HI/c1-4-22-21(24-17-18-10-8-11-19(16-18)25(2)3)23-13-9-15-26-14-7-5-6-12-20(26)27;/h8,10-11,16H,4-7,9,12-15,17H2,1-3H3,(H2,22,23,24);1H. The van der Waals surface area contributed by atoms with Gasteiger partial charge in [-0.25, -0.2) is 4.99 Å². The van der Waals surface area contributed by atoms with Gasteiger partial charge in [0.25, 0.3) is 0 Å². The van der Waals surface area contributed by atoms with E-state index in [1.165, 1.54) is 17.7 Å². The van der Waals surface area contributed by atoms with Crippen LogP contribution < -0.4 is 15.5 Å². The average molecular weight is 501 g/mol. The van der Waals surface area contributed by atoms with E-state index in [1.54, 1.807) is 0 Å². The van der Waals surface area contributed by atoms with Crippen molar-refractivity contribution in [1.82, 2.24) is 15.5 Å². The van der Waals surface area contributed by atoms with Gasteiger partial charge in [-0.1, -0.05) is 18.6 Å². The molecule has 1 aromatic carbocycles. The second kappa shape index (κ2) is 13.6. The Morgan fingerprint density at radius 2 is 2.04 bits per heavy atom. The lowest BCUT2D eigenvalue weighted by Crippen LogP contribution is -2.39. The van der Waals surface area contributed by atoms with Gasteiger partial charge in [0.15, 0.2) is 5.96 Å². The molecule has 6 nitrogen and oxygen atoms in total. The van der Waals surface area contributed by atoms with E-state index in [4.69, 9.17) is 4.99 Å². The van der Waals surface area contributed by atoms with E-state index < -0.39 is 0 Å². The van der Waals surface area contributed by atoms with Crippen LogP contribution in [0.2, 0.25) is 0 Å². The molecule has 1 amide bonds. The van der Waals surface area contributed by atoms with Crippen LogP contribution in [0.3, 0.4) is 0 Å². The molecule has 1 aromatic rings. The number of hydrogen-bond donors (Lipinski definition) is 2. The number of rotatable bonds is 8. The highest BCUT2D eigenvalue weighted by Crippen LogP contribution is 2.14. The van der Waals surface area contributed by atoms with Crippen LogP contribution in [-0.4, -0.2) is 57.0 Å². The molecule has 7 heteroatoms. The molecular formula is C21H36IN5O. The maximum Gasteiger partial charge on any atom is 0.222 e. The second-order valence-corrected chi connectivity index (χ2v) is 7.23. The van der Waals surface area contributed by atoms with Crippen molar-refractivity contribution in [2.75, 3.05) is 45.2 Å². The Bertz CT molecular complexity index is 621. The zero-order valence-corrected chi connectivity index (χ0v) is 19.9. The molecule has 0 atom stereocenters. The van der Waals surface area contributed by atoms with E-state index in [9.17, 15) is 4.79 Å². The van der Waals surface area contributed by atoms with Crippen molar-refractivity contribution < 1.29 is 4.79 Å². The van der Waals surface area contributed by atoms with Gasteiger partial charge in [-0.3, -0.25) is 4.79 Å². The zero-order valence-electron chi connectivity index (χ0n) is 17.5. The van der Waals surface area contributed by atoms with Gasteiger partial charge in [-0.15, -0.1) is 24.0 Å². The molecular weight excluding hydrogens is 465 g/mol. The minimum absolute atomic E-state index is 0. The molecule has 0 radical (unpaired) electrons. The average Bonchev–Trinajstić information content (AvgIpc) is 2.87. The number of guanidine groups is 1. The molecule has 0 bridgehead atoms. The number of carbonyl (C=O) groups is 1. The molecule has 158 valence electrons. The number of likely N-dealkylation sites (tertiary alicyclic amines) is 1. The van der Waals surface area contributed by atoms with Crippen molar-refractivity contribution >= 4 is 41.5 Å². The summed E-state index contributed by atoms with van der Waals surface area (Å²) in [6.07, 6.45) is 5.00. The second-order valence-electron chi connectivity index (χ2n) is 7.23. The minimum Gasteiger partial charge on any atom is -0.378 e. The maximum atomic E-state index is 12.0. The van der Waals surface area contributed by atoms with Crippen LogP contribution in [0, 0.1) is 0 Å². The predicted octanol–water partition coefficient (Wildman–Crippen LogP) is 3.22. The quantitative estimate of drug-likeness (QED) is 0.249. The fraction of sp³-hybridized carbons (Fsp3) is 0.619.